The topological polar surface area (TPSA) is 79.3 Å². The zero-order valence-corrected chi connectivity index (χ0v) is 16.9. The molecular weight excluding hydrogens is 372 g/mol. The molecule has 0 aromatic heterocycles. The predicted molar refractivity (Wildman–Crippen MR) is 110 cm³/mol. The second kappa shape index (κ2) is 8.36. The second-order valence-corrected chi connectivity index (χ2v) is 6.72. The van der Waals surface area contributed by atoms with E-state index in [-0.39, 0.29) is 24.4 Å². The van der Waals surface area contributed by atoms with Crippen LogP contribution in [0.15, 0.2) is 48.2 Å². The van der Waals surface area contributed by atoms with Gasteiger partial charge in [0, 0.05) is 13.6 Å². The van der Waals surface area contributed by atoms with E-state index in [1.54, 1.807) is 42.3 Å². The number of likely N-dealkylation sites (N-methyl/N-ethyl adjacent to an activating group) is 1. The van der Waals surface area contributed by atoms with Crippen molar-refractivity contribution in [2.24, 2.45) is 0 Å². The van der Waals surface area contributed by atoms with Gasteiger partial charge in [0.05, 0.1) is 32.1 Å². The number of nitrogens with zero attached hydrogens (tertiary/aromatic N) is 2. The fourth-order valence-corrected chi connectivity index (χ4v) is 3.31. The van der Waals surface area contributed by atoms with E-state index in [0.29, 0.717) is 22.7 Å². The lowest BCUT2D eigenvalue weighted by Gasteiger charge is -2.20. The Hall–Kier alpha value is -3.32. The Kier molecular flexibility index (Phi) is 5.89. The molecule has 152 valence electrons. The van der Waals surface area contributed by atoms with Crippen LogP contribution in [0.1, 0.15) is 11.1 Å². The van der Waals surface area contributed by atoms with Crippen LogP contribution in [0.25, 0.3) is 5.57 Å². The lowest BCUT2D eigenvalue weighted by atomic mass is 10.0. The molecule has 0 bridgehead atoms. The van der Waals surface area contributed by atoms with Gasteiger partial charge in [-0.25, -0.2) is 4.90 Å². The highest BCUT2D eigenvalue weighted by Gasteiger charge is 2.41. The van der Waals surface area contributed by atoms with Gasteiger partial charge in [-0.1, -0.05) is 23.8 Å². The van der Waals surface area contributed by atoms with Crippen LogP contribution in [0.4, 0.5) is 5.69 Å². The number of amides is 2. The van der Waals surface area contributed by atoms with Crippen molar-refractivity contribution < 1.29 is 24.2 Å². The minimum absolute atomic E-state index is 0.148. The maximum absolute atomic E-state index is 13.4. The molecule has 0 saturated heterocycles. The van der Waals surface area contributed by atoms with E-state index in [0.717, 1.165) is 10.5 Å². The van der Waals surface area contributed by atoms with Crippen molar-refractivity contribution in [3.63, 3.8) is 0 Å². The maximum Gasteiger partial charge on any atom is 0.282 e. The van der Waals surface area contributed by atoms with Gasteiger partial charge in [-0.2, -0.15) is 0 Å². The lowest BCUT2D eigenvalue weighted by molar-refractivity contribution is -0.120. The van der Waals surface area contributed by atoms with Crippen LogP contribution in [0, 0.1) is 6.92 Å². The zero-order valence-electron chi connectivity index (χ0n) is 16.9. The van der Waals surface area contributed by atoms with Crippen molar-refractivity contribution in [3.8, 4) is 11.5 Å². The number of carbonyl (C=O) groups excluding carboxylic acids is 2. The Morgan fingerprint density at radius 1 is 0.966 bits per heavy atom. The smallest absolute Gasteiger partial charge is 0.282 e. The molecule has 1 heterocycles. The van der Waals surface area contributed by atoms with Crippen LogP contribution >= 0.6 is 0 Å². The molecule has 2 aromatic carbocycles. The Morgan fingerprint density at radius 3 is 2.21 bits per heavy atom. The van der Waals surface area contributed by atoms with Gasteiger partial charge in [-0.15, -0.1) is 0 Å². The highest BCUT2D eigenvalue weighted by Crippen LogP contribution is 2.37. The van der Waals surface area contributed by atoms with E-state index < -0.39 is 11.8 Å². The molecule has 1 N–H and O–H groups in total. The molecule has 2 aromatic rings. The molecule has 7 heteroatoms. The van der Waals surface area contributed by atoms with Crippen molar-refractivity contribution in [1.82, 2.24) is 4.90 Å². The summed E-state index contributed by atoms with van der Waals surface area (Å²) in [6.45, 7) is 2.00. The van der Waals surface area contributed by atoms with Crippen molar-refractivity contribution in [2.45, 2.75) is 6.92 Å². The third kappa shape index (κ3) is 3.69. The monoisotopic (exact) mass is 396 g/mol. The molecule has 3 rings (SSSR count). The van der Waals surface area contributed by atoms with Gasteiger partial charge in [-0.3, -0.25) is 9.59 Å². The molecule has 0 atom stereocenters. The number of aryl methyl sites for hydroxylation is 1. The minimum Gasteiger partial charge on any atom is -0.493 e. The Morgan fingerprint density at radius 2 is 1.62 bits per heavy atom. The highest BCUT2D eigenvalue weighted by molar-refractivity contribution is 6.45. The first-order valence-corrected chi connectivity index (χ1v) is 9.17. The van der Waals surface area contributed by atoms with E-state index >= 15 is 0 Å². The average molecular weight is 396 g/mol. The van der Waals surface area contributed by atoms with Gasteiger partial charge in [0.15, 0.2) is 11.5 Å². The van der Waals surface area contributed by atoms with Gasteiger partial charge in [-0.05, 0) is 36.8 Å². The normalized spacial score (nSPS) is 13.9. The van der Waals surface area contributed by atoms with Gasteiger partial charge in [0.2, 0.25) is 0 Å². The molecule has 7 nitrogen and oxygen atoms in total. The zero-order chi connectivity index (χ0) is 21.1. The highest BCUT2D eigenvalue weighted by atomic mass is 16.5. The molecule has 1 aliphatic heterocycles. The molecule has 0 aliphatic carbocycles. The molecule has 0 fully saturated rings. The van der Waals surface area contributed by atoms with Crippen LogP contribution in [0.3, 0.4) is 0 Å². The van der Waals surface area contributed by atoms with Crippen molar-refractivity contribution >= 4 is 23.1 Å². The summed E-state index contributed by atoms with van der Waals surface area (Å²) in [6, 6.07) is 12.3. The number of anilines is 1. The molecule has 1 aliphatic rings. The maximum atomic E-state index is 13.4. The fourth-order valence-electron chi connectivity index (χ4n) is 3.31. The summed E-state index contributed by atoms with van der Waals surface area (Å²) in [5.74, 6) is 0.121. The van der Waals surface area contributed by atoms with E-state index in [1.165, 1.54) is 14.2 Å². The summed E-state index contributed by atoms with van der Waals surface area (Å²) in [4.78, 5) is 29.4. The van der Waals surface area contributed by atoms with Gasteiger partial charge >= 0.3 is 0 Å². The molecule has 0 radical (unpaired) electrons. The van der Waals surface area contributed by atoms with Crippen LogP contribution in [0.5, 0.6) is 11.5 Å². The van der Waals surface area contributed by atoms with Crippen molar-refractivity contribution in [2.75, 3.05) is 39.3 Å². The number of ether oxygens (including phenoxy) is 2. The minimum atomic E-state index is -0.431. The Bertz CT molecular complexity index is 966. The number of rotatable bonds is 7. The Balaban J connectivity index is 2.15. The van der Waals surface area contributed by atoms with E-state index in [1.807, 2.05) is 19.1 Å². The van der Waals surface area contributed by atoms with Crippen LogP contribution in [-0.4, -0.2) is 56.2 Å². The summed E-state index contributed by atoms with van der Waals surface area (Å²) in [6.07, 6.45) is 0. The van der Waals surface area contributed by atoms with Gasteiger partial charge in [0.1, 0.15) is 5.70 Å². The third-order valence-corrected chi connectivity index (χ3v) is 4.84. The first kappa shape index (κ1) is 20.4. The standard InChI is InChI=1S/C22H24N2O5/c1-14-5-8-16(9-6-14)24-21(26)19(20(22(24)27)23(2)11-12-25)15-7-10-17(28-3)18(13-15)29-4/h5-10,13,25H,11-12H2,1-4H3. The first-order chi connectivity index (χ1) is 13.9. The van der Waals surface area contributed by atoms with Crippen molar-refractivity contribution in [3.05, 3.63) is 59.3 Å². The summed E-state index contributed by atoms with van der Waals surface area (Å²) >= 11 is 0. The van der Waals surface area contributed by atoms with E-state index in [2.05, 4.69) is 0 Å². The summed E-state index contributed by atoms with van der Waals surface area (Å²) in [5, 5.41) is 9.36. The summed E-state index contributed by atoms with van der Waals surface area (Å²) in [5.41, 5.74) is 2.55. The largest absolute Gasteiger partial charge is 0.493 e. The average Bonchev–Trinajstić information content (AvgIpc) is 2.98. The molecule has 0 saturated carbocycles. The van der Waals surface area contributed by atoms with Gasteiger partial charge in [0.25, 0.3) is 11.8 Å². The first-order valence-electron chi connectivity index (χ1n) is 9.17. The predicted octanol–water partition coefficient (Wildman–Crippen LogP) is 2.22. The number of hydrogen-bond donors (Lipinski definition) is 1. The number of hydrogen-bond acceptors (Lipinski definition) is 6. The fraction of sp³-hybridized carbons (Fsp3) is 0.273. The summed E-state index contributed by atoms with van der Waals surface area (Å²) < 4.78 is 10.6. The molecular formula is C22H24N2O5. The van der Waals surface area contributed by atoms with E-state index in [4.69, 9.17) is 9.47 Å². The lowest BCUT2D eigenvalue weighted by Crippen LogP contribution is -2.34. The summed E-state index contributed by atoms with van der Waals surface area (Å²) in [7, 11) is 4.71. The number of carbonyl (C=O) groups is 2. The number of aliphatic hydroxyl groups is 1. The van der Waals surface area contributed by atoms with Crippen molar-refractivity contribution in [1.29, 1.82) is 0 Å². The SMILES string of the molecule is COc1ccc(C2=C(N(C)CCO)C(=O)N(c3ccc(C)cc3)C2=O)cc1OC. The number of methoxy groups -OCH3 is 2. The van der Waals surface area contributed by atoms with Crippen LogP contribution < -0.4 is 14.4 Å². The molecule has 0 unspecified atom stereocenters. The number of benzene rings is 2. The molecule has 29 heavy (non-hydrogen) atoms. The van der Waals surface area contributed by atoms with E-state index in [9.17, 15) is 14.7 Å². The number of imide groups is 1. The number of aliphatic hydroxyl groups excluding tert-OH is 1. The quantitative estimate of drug-likeness (QED) is 0.723. The molecule has 0 spiro atoms. The van der Waals surface area contributed by atoms with Crippen LogP contribution in [0.2, 0.25) is 0 Å². The van der Waals surface area contributed by atoms with Crippen LogP contribution in [-0.2, 0) is 9.59 Å². The second-order valence-electron chi connectivity index (χ2n) is 6.72. The molecule has 2 amide bonds. The van der Waals surface area contributed by atoms with Gasteiger partial charge < -0.3 is 19.5 Å². The Labute approximate surface area is 169 Å². The third-order valence-electron chi connectivity index (χ3n) is 4.84.